The Bertz CT molecular complexity index is 473. The van der Waals surface area contributed by atoms with E-state index >= 15 is 0 Å². The summed E-state index contributed by atoms with van der Waals surface area (Å²) in [5, 5.41) is 3.09. The number of hydrogen-bond donors (Lipinski definition) is 2. The van der Waals surface area contributed by atoms with Crippen LogP contribution in [0.4, 0.5) is 24.5 Å². The molecule has 1 unspecified atom stereocenters. The van der Waals surface area contributed by atoms with E-state index in [0.29, 0.717) is 18.9 Å². The van der Waals surface area contributed by atoms with Gasteiger partial charge < -0.3 is 15.8 Å². The second-order valence-electron chi connectivity index (χ2n) is 5.26. The van der Waals surface area contributed by atoms with E-state index in [1.54, 1.807) is 6.07 Å². The number of ether oxygens (including phenoxy) is 1. The van der Waals surface area contributed by atoms with Crippen LogP contribution < -0.4 is 11.1 Å². The number of anilines is 2. The molecule has 1 saturated heterocycles. The molecule has 1 aromatic carbocycles. The van der Waals surface area contributed by atoms with E-state index in [-0.39, 0.29) is 11.7 Å². The quantitative estimate of drug-likeness (QED) is 0.839. The lowest BCUT2D eigenvalue weighted by atomic mass is 10.1. The van der Waals surface area contributed by atoms with Crippen molar-refractivity contribution in [3.8, 4) is 0 Å². The van der Waals surface area contributed by atoms with Crippen LogP contribution in [-0.2, 0) is 10.9 Å². The Hall–Kier alpha value is -1.47. The lowest BCUT2D eigenvalue weighted by Gasteiger charge is -2.29. The van der Waals surface area contributed by atoms with Gasteiger partial charge in [-0.3, -0.25) is 4.90 Å². The van der Waals surface area contributed by atoms with Gasteiger partial charge >= 0.3 is 6.18 Å². The zero-order chi connectivity index (χ0) is 15.5. The topological polar surface area (TPSA) is 50.5 Å². The largest absolute Gasteiger partial charge is 0.418 e. The number of nitrogens with one attached hydrogen (secondary N) is 1. The van der Waals surface area contributed by atoms with Crippen molar-refractivity contribution < 1.29 is 17.9 Å². The second kappa shape index (κ2) is 6.53. The molecule has 3 N–H and O–H groups in total. The molecule has 1 aromatic rings. The highest BCUT2D eigenvalue weighted by atomic mass is 19.4. The van der Waals surface area contributed by atoms with Crippen LogP contribution in [0.3, 0.4) is 0 Å². The molecule has 1 fully saturated rings. The minimum atomic E-state index is -4.44. The number of alkyl halides is 3. The Kier molecular flexibility index (Phi) is 4.95. The monoisotopic (exact) mass is 303 g/mol. The first kappa shape index (κ1) is 15.9. The first-order chi connectivity index (χ1) is 9.86. The molecule has 0 spiro atoms. The van der Waals surface area contributed by atoms with Gasteiger partial charge in [-0.05, 0) is 25.1 Å². The van der Waals surface area contributed by atoms with Crippen molar-refractivity contribution in [3.05, 3.63) is 23.8 Å². The summed E-state index contributed by atoms with van der Waals surface area (Å²) in [5.74, 6) is 0. The van der Waals surface area contributed by atoms with Crippen LogP contribution in [0.15, 0.2) is 18.2 Å². The fourth-order valence-corrected chi connectivity index (χ4v) is 2.39. The van der Waals surface area contributed by atoms with Gasteiger partial charge in [-0.2, -0.15) is 13.2 Å². The maximum atomic E-state index is 12.8. The van der Waals surface area contributed by atoms with Crippen LogP contribution in [-0.4, -0.2) is 43.8 Å². The van der Waals surface area contributed by atoms with E-state index in [1.807, 2.05) is 6.92 Å². The highest BCUT2D eigenvalue weighted by Crippen LogP contribution is 2.35. The third kappa shape index (κ3) is 4.50. The van der Waals surface area contributed by atoms with E-state index in [2.05, 4.69) is 10.2 Å². The van der Waals surface area contributed by atoms with Crippen LogP contribution in [0.25, 0.3) is 0 Å². The first-order valence-corrected chi connectivity index (χ1v) is 6.89. The molecule has 1 heterocycles. The molecule has 0 amide bonds. The van der Waals surface area contributed by atoms with Crippen molar-refractivity contribution in [1.29, 1.82) is 0 Å². The number of morpholine rings is 1. The molecule has 1 aliphatic heterocycles. The molecule has 21 heavy (non-hydrogen) atoms. The van der Waals surface area contributed by atoms with Crippen LogP contribution in [0.1, 0.15) is 12.5 Å². The van der Waals surface area contributed by atoms with Gasteiger partial charge in [0, 0.05) is 37.1 Å². The van der Waals surface area contributed by atoms with Crippen LogP contribution >= 0.6 is 0 Å². The van der Waals surface area contributed by atoms with E-state index in [4.69, 9.17) is 10.5 Å². The second-order valence-corrected chi connectivity index (χ2v) is 5.26. The SMILES string of the molecule is CC(CN1CCOCC1)Nc1ccc(N)c(C(F)(F)F)c1. The van der Waals surface area contributed by atoms with Crippen molar-refractivity contribution in [3.63, 3.8) is 0 Å². The Labute approximate surface area is 122 Å². The third-order valence-electron chi connectivity index (χ3n) is 3.41. The Balaban J connectivity index is 1.98. The highest BCUT2D eigenvalue weighted by Gasteiger charge is 2.33. The van der Waals surface area contributed by atoms with Crippen molar-refractivity contribution in [2.75, 3.05) is 43.9 Å². The number of halogens is 3. The molecular formula is C14H20F3N3O. The molecular weight excluding hydrogens is 283 g/mol. The maximum Gasteiger partial charge on any atom is 0.418 e. The first-order valence-electron chi connectivity index (χ1n) is 6.89. The number of nitrogen functional groups attached to an aromatic ring is 1. The molecule has 1 aliphatic rings. The van der Waals surface area contributed by atoms with Gasteiger partial charge in [0.1, 0.15) is 0 Å². The van der Waals surface area contributed by atoms with Gasteiger partial charge in [0.05, 0.1) is 18.8 Å². The molecule has 2 rings (SSSR count). The molecule has 0 bridgehead atoms. The van der Waals surface area contributed by atoms with Crippen molar-refractivity contribution >= 4 is 11.4 Å². The Morgan fingerprint density at radius 2 is 2.00 bits per heavy atom. The average molecular weight is 303 g/mol. The van der Waals surface area contributed by atoms with Gasteiger partial charge in [0.2, 0.25) is 0 Å². The van der Waals surface area contributed by atoms with Gasteiger partial charge in [-0.15, -0.1) is 0 Å². The predicted octanol–water partition coefficient (Wildman–Crippen LogP) is 2.42. The Morgan fingerprint density at radius 1 is 1.33 bits per heavy atom. The molecule has 0 saturated carbocycles. The minimum Gasteiger partial charge on any atom is -0.398 e. The lowest BCUT2D eigenvalue weighted by molar-refractivity contribution is -0.136. The maximum absolute atomic E-state index is 12.8. The standard InChI is InChI=1S/C14H20F3N3O/c1-10(9-20-4-6-21-7-5-20)19-11-2-3-13(18)12(8-11)14(15,16)17/h2-3,8,10,19H,4-7,9,18H2,1H3. The van der Waals surface area contributed by atoms with Crippen LogP contribution in [0.2, 0.25) is 0 Å². The van der Waals surface area contributed by atoms with Crippen molar-refractivity contribution in [2.45, 2.75) is 19.1 Å². The fourth-order valence-electron chi connectivity index (χ4n) is 2.39. The van der Waals surface area contributed by atoms with Gasteiger partial charge in [0.15, 0.2) is 0 Å². The molecule has 7 heteroatoms. The number of nitrogens with zero attached hydrogens (tertiary/aromatic N) is 1. The summed E-state index contributed by atoms with van der Waals surface area (Å²) in [6.45, 7) is 5.80. The summed E-state index contributed by atoms with van der Waals surface area (Å²) in [4.78, 5) is 2.23. The minimum absolute atomic E-state index is 0.0350. The molecule has 118 valence electrons. The summed E-state index contributed by atoms with van der Waals surface area (Å²) in [7, 11) is 0. The predicted molar refractivity (Wildman–Crippen MR) is 76.2 cm³/mol. The van der Waals surface area contributed by atoms with Crippen LogP contribution in [0.5, 0.6) is 0 Å². The van der Waals surface area contributed by atoms with Crippen molar-refractivity contribution in [2.24, 2.45) is 0 Å². The summed E-state index contributed by atoms with van der Waals surface area (Å²) in [6.07, 6.45) is -4.44. The van der Waals surface area contributed by atoms with Gasteiger partial charge in [-0.1, -0.05) is 0 Å². The van der Waals surface area contributed by atoms with Crippen LogP contribution in [0, 0.1) is 0 Å². The summed E-state index contributed by atoms with van der Waals surface area (Å²) in [6, 6.07) is 3.95. The Morgan fingerprint density at radius 3 is 2.62 bits per heavy atom. The number of nitrogens with two attached hydrogens (primary N) is 1. The average Bonchev–Trinajstić information content (AvgIpc) is 2.41. The zero-order valence-electron chi connectivity index (χ0n) is 11.9. The fraction of sp³-hybridized carbons (Fsp3) is 0.571. The zero-order valence-corrected chi connectivity index (χ0v) is 11.9. The van der Waals surface area contributed by atoms with Gasteiger partial charge in [-0.25, -0.2) is 0 Å². The van der Waals surface area contributed by atoms with Crippen molar-refractivity contribution in [1.82, 2.24) is 4.90 Å². The molecule has 0 aliphatic carbocycles. The number of hydrogen-bond acceptors (Lipinski definition) is 4. The summed E-state index contributed by atoms with van der Waals surface area (Å²) < 4.78 is 43.7. The molecule has 1 atom stereocenters. The third-order valence-corrected chi connectivity index (χ3v) is 3.41. The number of benzene rings is 1. The summed E-state index contributed by atoms with van der Waals surface area (Å²) >= 11 is 0. The molecule has 0 radical (unpaired) electrons. The van der Waals surface area contributed by atoms with Gasteiger partial charge in [0.25, 0.3) is 0 Å². The van der Waals surface area contributed by atoms with E-state index < -0.39 is 11.7 Å². The normalized spacial score (nSPS) is 18.5. The smallest absolute Gasteiger partial charge is 0.398 e. The molecule has 0 aromatic heterocycles. The number of rotatable bonds is 4. The summed E-state index contributed by atoms with van der Waals surface area (Å²) in [5.41, 5.74) is 4.76. The highest BCUT2D eigenvalue weighted by molar-refractivity contribution is 5.58. The molecule has 4 nitrogen and oxygen atoms in total. The van der Waals surface area contributed by atoms with E-state index in [0.717, 1.165) is 25.7 Å². The van der Waals surface area contributed by atoms with E-state index in [9.17, 15) is 13.2 Å². The lowest BCUT2D eigenvalue weighted by Crippen LogP contribution is -2.42. The van der Waals surface area contributed by atoms with E-state index in [1.165, 1.54) is 6.07 Å².